The third kappa shape index (κ3) is 4.24. The van der Waals surface area contributed by atoms with Crippen LogP contribution in [-0.4, -0.2) is 25.8 Å². The first kappa shape index (κ1) is 18.4. The van der Waals surface area contributed by atoms with E-state index in [4.69, 9.17) is 21.1 Å². The summed E-state index contributed by atoms with van der Waals surface area (Å²) in [5.41, 5.74) is 0.620. The number of thiocarbonyl (C=S) groups is 1. The number of hydrogen-bond donors (Lipinski definition) is 1. The summed E-state index contributed by atoms with van der Waals surface area (Å²) in [6.07, 6.45) is 1.62. The summed E-state index contributed by atoms with van der Waals surface area (Å²) in [4.78, 5) is 12.2. The first-order valence-electron chi connectivity index (χ1n) is 7.31. The van der Waals surface area contributed by atoms with Crippen molar-refractivity contribution < 1.29 is 22.1 Å². The molecule has 6 nitrogen and oxygen atoms in total. The zero-order valence-electron chi connectivity index (χ0n) is 13.5. The average Bonchev–Trinajstić information content (AvgIpc) is 2.92. The molecule has 2 aromatic rings. The van der Waals surface area contributed by atoms with Gasteiger partial charge in [0.15, 0.2) is 0 Å². The number of amides is 1. The Kier molecular flexibility index (Phi) is 5.30. The molecule has 1 fully saturated rings. The van der Waals surface area contributed by atoms with E-state index in [2.05, 4.69) is 5.32 Å². The van der Waals surface area contributed by atoms with Gasteiger partial charge in [-0.05, 0) is 48.0 Å². The van der Waals surface area contributed by atoms with Crippen LogP contribution in [0.4, 0.5) is 0 Å². The highest BCUT2D eigenvalue weighted by Crippen LogP contribution is 2.27. The molecule has 0 radical (unpaired) electrons. The Morgan fingerprint density at radius 2 is 1.85 bits per heavy atom. The lowest BCUT2D eigenvalue weighted by atomic mass is 10.2. The Hall–Kier alpha value is -2.36. The fraction of sp³-hybridized carbons (Fsp3) is 0.0588. The van der Waals surface area contributed by atoms with Crippen molar-refractivity contribution in [3.05, 3.63) is 59.0 Å². The van der Waals surface area contributed by atoms with Crippen LogP contribution in [0.2, 0.25) is 0 Å². The molecule has 1 heterocycles. The molecule has 0 aromatic heterocycles. The Balaban J connectivity index is 1.83. The number of thioether (sulfide) groups is 1. The molecule has 1 aliphatic rings. The van der Waals surface area contributed by atoms with Gasteiger partial charge in [0, 0.05) is 0 Å². The van der Waals surface area contributed by atoms with Crippen LogP contribution in [-0.2, 0) is 14.9 Å². The third-order valence-electron chi connectivity index (χ3n) is 3.35. The number of methoxy groups -OCH3 is 1. The first-order chi connectivity index (χ1) is 12.4. The van der Waals surface area contributed by atoms with Gasteiger partial charge in [0.2, 0.25) is 0 Å². The largest absolute Gasteiger partial charge is 0.497 e. The molecule has 1 N–H and O–H groups in total. The van der Waals surface area contributed by atoms with Gasteiger partial charge in [-0.25, -0.2) is 0 Å². The molecule has 134 valence electrons. The zero-order chi connectivity index (χ0) is 18.7. The van der Waals surface area contributed by atoms with Gasteiger partial charge in [-0.3, -0.25) is 4.79 Å². The predicted molar refractivity (Wildman–Crippen MR) is 104 cm³/mol. The van der Waals surface area contributed by atoms with Gasteiger partial charge in [-0.1, -0.05) is 36.1 Å². The molecule has 0 atom stereocenters. The van der Waals surface area contributed by atoms with Gasteiger partial charge in [0.1, 0.15) is 20.7 Å². The second kappa shape index (κ2) is 7.48. The van der Waals surface area contributed by atoms with Gasteiger partial charge < -0.3 is 14.2 Å². The number of carbonyl (C=O) groups excluding carboxylic acids is 1. The van der Waals surface area contributed by atoms with E-state index in [1.54, 1.807) is 18.2 Å². The topological polar surface area (TPSA) is 81.7 Å². The van der Waals surface area contributed by atoms with Gasteiger partial charge in [-0.15, -0.1) is 0 Å². The quantitative estimate of drug-likeness (QED) is 0.464. The average molecular weight is 407 g/mol. The minimum Gasteiger partial charge on any atom is -0.497 e. The lowest BCUT2D eigenvalue weighted by Crippen LogP contribution is -2.17. The summed E-state index contributed by atoms with van der Waals surface area (Å²) < 4.78 is 35.4. The van der Waals surface area contributed by atoms with Gasteiger partial charge >= 0.3 is 10.1 Å². The van der Waals surface area contributed by atoms with Crippen LogP contribution in [0.25, 0.3) is 6.08 Å². The van der Waals surface area contributed by atoms with Gasteiger partial charge in [-0.2, -0.15) is 8.42 Å². The maximum Gasteiger partial charge on any atom is 0.339 e. The number of nitrogens with one attached hydrogen (secondary N) is 1. The van der Waals surface area contributed by atoms with Crippen molar-refractivity contribution in [3.8, 4) is 11.5 Å². The summed E-state index contributed by atoms with van der Waals surface area (Å²) in [5, 5.41) is 2.52. The van der Waals surface area contributed by atoms with Crippen molar-refractivity contribution in [1.29, 1.82) is 0 Å². The highest BCUT2D eigenvalue weighted by molar-refractivity contribution is 8.26. The van der Waals surface area contributed by atoms with Gasteiger partial charge in [0.05, 0.1) is 12.0 Å². The Morgan fingerprint density at radius 1 is 1.12 bits per heavy atom. The highest BCUT2D eigenvalue weighted by atomic mass is 32.2. The van der Waals surface area contributed by atoms with Crippen LogP contribution < -0.4 is 14.2 Å². The van der Waals surface area contributed by atoms with Crippen LogP contribution in [0, 0.1) is 0 Å². The lowest BCUT2D eigenvalue weighted by molar-refractivity contribution is -0.115. The van der Waals surface area contributed by atoms with Crippen molar-refractivity contribution in [2.24, 2.45) is 0 Å². The molecule has 9 heteroatoms. The number of rotatable bonds is 5. The summed E-state index contributed by atoms with van der Waals surface area (Å²) in [5.74, 6) is 0.404. The molecular weight excluding hydrogens is 394 g/mol. The molecule has 1 amide bonds. The third-order valence-corrected chi connectivity index (χ3v) is 5.78. The van der Waals surface area contributed by atoms with Crippen molar-refractivity contribution in [2.75, 3.05) is 7.11 Å². The summed E-state index contributed by atoms with van der Waals surface area (Å²) in [7, 11) is -2.49. The van der Waals surface area contributed by atoms with Crippen molar-refractivity contribution in [2.45, 2.75) is 4.90 Å². The van der Waals surface area contributed by atoms with Crippen LogP contribution in [0.15, 0.2) is 58.3 Å². The van der Waals surface area contributed by atoms with E-state index in [-0.39, 0.29) is 16.6 Å². The summed E-state index contributed by atoms with van der Waals surface area (Å²) in [6, 6.07) is 12.3. The molecule has 2 aromatic carbocycles. The van der Waals surface area contributed by atoms with E-state index in [9.17, 15) is 13.2 Å². The second-order valence-corrected chi connectivity index (χ2v) is 8.40. The predicted octanol–water partition coefficient (Wildman–Crippen LogP) is 2.95. The molecule has 0 saturated carbocycles. The molecule has 3 rings (SSSR count). The number of benzene rings is 2. The van der Waals surface area contributed by atoms with Crippen LogP contribution >= 0.6 is 24.0 Å². The van der Waals surface area contributed by atoms with E-state index in [1.807, 2.05) is 0 Å². The number of carbonyl (C=O) groups is 1. The van der Waals surface area contributed by atoms with Crippen LogP contribution in [0.1, 0.15) is 5.56 Å². The Morgan fingerprint density at radius 3 is 2.46 bits per heavy atom. The lowest BCUT2D eigenvalue weighted by Gasteiger charge is -2.08. The maximum absolute atomic E-state index is 12.4. The maximum atomic E-state index is 12.4. The molecule has 0 unspecified atom stereocenters. The molecule has 0 spiro atoms. The number of ether oxygens (including phenoxy) is 1. The standard InChI is InChI=1S/C17H13NO5S3/c1-22-12-5-7-14(8-6-12)26(20,21)23-13-4-2-3-11(9-13)10-15-16(19)18-17(24)25-15/h2-10H,1H3,(H,18,19,24)/b15-10-. The van der Waals surface area contributed by atoms with Crippen molar-refractivity contribution >= 4 is 50.4 Å². The fourth-order valence-electron chi connectivity index (χ4n) is 2.15. The molecule has 1 saturated heterocycles. The molecule has 0 bridgehead atoms. The Labute approximate surface area is 160 Å². The molecule has 1 aliphatic heterocycles. The van der Waals surface area contributed by atoms with E-state index < -0.39 is 10.1 Å². The zero-order valence-corrected chi connectivity index (χ0v) is 15.9. The minimum absolute atomic E-state index is 0.0122. The van der Waals surface area contributed by atoms with Crippen LogP contribution in [0.5, 0.6) is 11.5 Å². The fourth-order valence-corrected chi connectivity index (χ4v) is 4.11. The highest BCUT2D eigenvalue weighted by Gasteiger charge is 2.22. The van der Waals surface area contributed by atoms with Crippen molar-refractivity contribution in [3.63, 3.8) is 0 Å². The molecular formula is C17H13NO5S3. The van der Waals surface area contributed by atoms with Crippen molar-refractivity contribution in [1.82, 2.24) is 5.32 Å². The molecule has 0 aliphatic carbocycles. The normalized spacial score (nSPS) is 15.8. The van der Waals surface area contributed by atoms with E-state index in [0.29, 0.717) is 20.5 Å². The second-order valence-electron chi connectivity index (χ2n) is 5.14. The SMILES string of the molecule is COc1ccc(S(=O)(=O)Oc2cccc(/C=C3\SC(=S)NC3=O)c2)cc1. The van der Waals surface area contributed by atoms with Gasteiger partial charge in [0.25, 0.3) is 5.91 Å². The minimum atomic E-state index is -3.98. The van der Waals surface area contributed by atoms with E-state index in [1.165, 1.54) is 43.5 Å². The Bertz CT molecular complexity index is 997. The van der Waals surface area contributed by atoms with Crippen LogP contribution in [0.3, 0.4) is 0 Å². The smallest absolute Gasteiger partial charge is 0.339 e. The molecule has 26 heavy (non-hydrogen) atoms. The first-order valence-corrected chi connectivity index (χ1v) is 9.94. The van der Waals surface area contributed by atoms with E-state index >= 15 is 0 Å². The summed E-state index contributed by atoms with van der Waals surface area (Å²) in [6.45, 7) is 0. The summed E-state index contributed by atoms with van der Waals surface area (Å²) >= 11 is 6.08. The number of hydrogen-bond acceptors (Lipinski definition) is 7. The van der Waals surface area contributed by atoms with E-state index in [0.717, 1.165) is 11.8 Å². The monoisotopic (exact) mass is 407 g/mol.